The Morgan fingerprint density at radius 2 is 1.91 bits per heavy atom. The standard InChI is InChI=1S/C17H34N2O2.ClH/c1-14(2)6-9-18-17(21)5-4-10-19-11-7-16(8-12-19)15(3)13-20;/h14-16,20H,4-13H2,1-3H3,(H,18,21);1H. The number of halogens is 1. The zero-order chi connectivity index (χ0) is 15.7. The molecule has 1 atom stereocenters. The molecule has 1 heterocycles. The highest BCUT2D eigenvalue weighted by atomic mass is 35.5. The Balaban J connectivity index is 0.00000441. The van der Waals surface area contributed by atoms with Gasteiger partial charge in [0.05, 0.1) is 0 Å². The van der Waals surface area contributed by atoms with Gasteiger partial charge in [0.15, 0.2) is 0 Å². The molecule has 0 saturated carbocycles. The summed E-state index contributed by atoms with van der Waals surface area (Å²) in [5.74, 6) is 1.94. The van der Waals surface area contributed by atoms with Gasteiger partial charge in [0.2, 0.25) is 5.91 Å². The third kappa shape index (κ3) is 8.96. The summed E-state index contributed by atoms with van der Waals surface area (Å²) in [6.07, 6.45) is 5.02. The Bertz CT molecular complexity index is 292. The number of rotatable bonds is 9. The van der Waals surface area contributed by atoms with E-state index in [9.17, 15) is 9.90 Å². The number of piperidine rings is 1. The molecule has 2 N–H and O–H groups in total. The molecule has 0 aliphatic carbocycles. The number of likely N-dealkylation sites (tertiary alicyclic amines) is 1. The number of carbonyl (C=O) groups is 1. The summed E-state index contributed by atoms with van der Waals surface area (Å²) in [5, 5.41) is 12.2. The third-order valence-electron chi connectivity index (χ3n) is 4.65. The lowest BCUT2D eigenvalue weighted by molar-refractivity contribution is -0.121. The van der Waals surface area contributed by atoms with Gasteiger partial charge in [-0.15, -0.1) is 12.4 Å². The lowest BCUT2D eigenvalue weighted by Crippen LogP contribution is -2.37. The number of amides is 1. The van der Waals surface area contributed by atoms with E-state index in [-0.39, 0.29) is 18.3 Å². The van der Waals surface area contributed by atoms with E-state index in [4.69, 9.17) is 0 Å². The summed E-state index contributed by atoms with van der Waals surface area (Å²) in [7, 11) is 0. The van der Waals surface area contributed by atoms with Crippen LogP contribution in [0.3, 0.4) is 0 Å². The van der Waals surface area contributed by atoms with Crippen molar-refractivity contribution in [2.75, 3.05) is 32.8 Å². The van der Waals surface area contributed by atoms with Gasteiger partial charge in [-0.3, -0.25) is 4.79 Å². The van der Waals surface area contributed by atoms with Crippen molar-refractivity contribution in [1.29, 1.82) is 0 Å². The van der Waals surface area contributed by atoms with Crippen molar-refractivity contribution in [3.05, 3.63) is 0 Å². The Morgan fingerprint density at radius 1 is 1.27 bits per heavy atom. The molecule has 0 radical (unpaired) electrons. The minimum absolute atomic E-state index is 0. The van der Waals surface area contributed by atoms with Crippen LogP contribution in [0.4, 0.5) is 0 Å². The fourth-order valence-electron chi connectivity index (χ4n) is 2.95. The molecule has 1 aliphatic heterocycles. The van der Waals surface area contributed by atoms with Gasteiger partial charge in [0, 0.05) is 19.6 Å². The van der Waals surface area contributed by atoms with Crippen molar-refractivity contribution in [3.8, 4) is 0 Å². The molecule has 0 spiro atoms. The van der Waals surface area contributed by atoms with Crippen LogP contribution in [-0.2, 0) is 4.79 Å². The maximum Gasteiger partial charge on any atom is 0.220 e. The van der Waals surface area contributed by atoms with Crippen molar-refractivity contribution >= 4 is 18.3 Å². The molecule has 4 nitrogen and oxygen atoms in total. The second kappa shape index (κ2) is 12.1. The zero-order valence-electron chi connectivity index (χ0n) is 14.5. The molecule has 1 rings (SSSR count). The number of aliphatic hydroxyl groups excluding tert-OH is 1. The van der Waals surface area contributed by atoms with Crippen LogP contribution in [0, 0.1) is 17.8 Å². The minimum Gasteiger partial charge on any atom is -0.396 e. The lowest BCUT2D eigenvalue weighted by Gasteiger charge is -2.34. The quantitative estimate of drug-likeness (QED) is 0.681. The number of nitrogens with one attached hydrogen (secondary N) is 1. The average Bonchev–Trinajstić information content (AvgIpc) is 2.46. The van der Waals surface area contributed by atoms with Crippen LogP contribution in [-0.4, -0.2) is 48.7 Å². The van der Waals surface area contributed by atoms with E-state index in [1.165, 1.54) is 12.8 Å². The molecule has 1 saturated heterocycles. The van der Waals surface area contributed by atoms with Crippen LogP contribution in [0.15, 0.2) is 0 Å². The SMILES string of the molecule is CC(C)CCNC(=O)CCCN1CCC(C(C)CO)CC1.Cl. The highest BCUT2D eigenvalue weighted by molar-refractivity contribution is 5.85. The maximum absolute atomic E-state index is 11.7. The molecule has 0 aromatic rings. The van der Waals surface area contributed by atoms with E-state index >= 15 is 0 Å². The fourth-order valence-corrected chi connectivity index (χ4v) is 2.95. The molecule has 0 bridgehead atoms. The number of hydrogen-bond donors (Lipinski definition) is 2. The molecular formula is C17H35ClN2O2. The Hall–Kier alpha value is -0.320. The van der Waals surface area contributed by atoms with Crippen molar-refractivity contribution in [2.24, 2.45) is 17.8 Å². The summed E-state index contributed by atoms with van der Waals surface area (Å²) in [4.78, 5) is 14.1. The van der Waals surface area contributed by atoms with Crippen molar-refractivity contribution < 1.29 is 9.90 Å². The molecule has 0 aromatic heterocycles. The van der Waals surface area contributed by atoms with Gasteiger partial charge in [-0.2, -0.15) is 0 Å². The molecule has 0 aromatic carbocycles. The van der Waals surface area contributed by atoms with E-state index in [0.29, 0.717) is 30.8 Å². The summed E-state index contributed by atoms with van der Waals surface area (Å²) in [6.45, 7) is 10.9. The topological polar surface area (TPSA) is 52.6 Å². The van der Waals surface area contributed by atoms with E-state index in [1.54, 1.807) is 0 Å². The maximum atomic E-state index is 11.7. The van der Waals surface area contributed by atoms with Crippen LogP contribution < -0.4 is 5.32 Å². The fraction of sp³-hybridized carbons (Fsp3) is 0.941. The first-order chi connectivity index (χ1) is 10.0. The first kappa shape index (κ1) is 21.7. The molecule has 22 heavy (non-hydrogen) atoms. The Morgan fingerprint density at radius 3 is 2.45 bits per heavy atom. The van der Waals surface area contributed by atoms with Gasteiger partial charge in [0.25, 0.3) is 0 Å². The van der Waals surface area contributed by atoms with Crippen molar-refractivity contribution in [2.45, 2.75) is 52.9 Å². The summed E-state index contributed by atoms with van der Waals surface area (Å²) >= 11 is 0. The number of carbonyl (C=O) groups excluding carboxylic acids is 1. The second-order valence-electron chi connectivity index (χ2n) is 6.97. The minimum atomic E-state index is 0. The van der Waals surface area contributed by atoms with Crippen LogP contribution in [0.1, 0.15) is 52.9 Å². The summed E-state index contributed by atoms with van der Waals surface area (Å²) in [6, 6.07) is 0. The summed E-state index contributed by atoms with van der Waals surface area (Å²) < 4.78 is 0. The van der Waals surface area contributed by atoms with Crippen LogP contribution in [0.5, 0.6) is 0 Å². The molecule has 1 amide bonds. The largest absolute Gasteiger partial charge is 0.396 e. The molecule has 5 heteroatoms. The lowest BCUT2D eigenvalue weighted by atomic mass is 9.86. The van der Waals surface area contributed by atoms with Gasteiger partial charge in [-0.25, -0.2) is 0 Å². The van der Waals surface area contributed by atoms with Crippen LogP contribution >= 0.6 is 12.4 Å². The predicted octanol–water partition coefficient (Wildman–Crippen LogP) is 2.69. The summed E-state index contributed by atoms with van der Waals surface area (Å²) in [5.41, 5.74) is 0. The highest BCUT2D eigenvalue weighted by Crippen LogP contribution is 2.24. The highest BCUT2D eigenvalue weighted by Gasteiger charge is 2.23. The third-order valence-corrected chi connectivity index (χ3v) is 4.65. The number of hydrogen-bond acceptors (Lipinski definition) is 3. The molecule has 1 unspecified atom stereocenters. The number of aliphatic hydroxyl groups is 1. The van der Waals surface area contributed by atoms with Crippen LogP contribution in [0.2, 0.25) is 0 Å². The first-order valence-corrected chi connectivity index (χ1v) is 8.62. The van der Waals surface area contributed by atoms with Gasteiger partial charge in [0.1, 0.15) is 0 Å². The predicted molar refractivity (Wildman–Crippen MR) is 94.4 cm³/mol. The van der Waals surface area contributed by atoms with Gasteiger partial charge < -0.3 is 15.3 Å². The van der Waals surface area contributed by atoms with Gasteiger partial charge in [-0.05, 0) is 63.1 Å². The van der Waals surface area contributed by atoms with E-state index in [1.807, 2.05) is 0 Å². The van der Waals surface area contributed by atoms with Crippen molar-refractivity contribution in [3.63, 3.8) is 0 Å². The normalized spacial score (nSPS) is 18.0. The van der Waals surface area contributed by atoms with Crippen LogP contribution in [0.25, 0.3) is 0 Å². The molecule has 1 fully saturated rings. The zero-order valence-corrected chi connectivity index (χ0v) is 15.3. The van der Waals surface area contributed by atoms with Gasteiger partial charge >= 0.3 is 0 Å². The van der Waals surface area contributed by atoms with Crippen molar-refractivity contribution in [1.82, 2.24) is 10.2 Å². The Kier molecular flexibility index (Phi) is 12.0. The second-order valence-corrected chi connectivity index (χ2v) is 6.97. The molecule has 132 valence electrons. The van der Waals surface area contributed by atoms with E-state index in [0.717, 1.165) is 39.0 Å². The first-order valence-electron chi connectivity index (χ1n) is 8.62. The smallest absolute Gasteiger partial charge is 0.220 e. The van der Waals surface area contributed by atoms with E-state index < -0.39 is 0 Å². The molecule has 1 aliphatic rings. The van der Waals surface area contributed by atoms with E-state index in [2.05, 4.69) is 31.0 Å². The molecular weight excluding hydrogens is 300 g/mol. The average molecular weight is 335 g/mol. The Labute approximate surface area is 142 Å². The monoisotopic (exact) mass is 334 g/mol. The number of nitrogens with zero attached hydrogens (tertiary/aromatic N) is 1. The van der Waals surface area contributed by atoms with Gasteiger partial charge in [-0.1, -0.05) is 20.8 Å².